The van der Waals surface area contributed by atoms with Crippen molar-refractivity contribution in [3.8, 4) is 0 Å². The summed E-state index contributed by atoms with van der Waals surface area (Å²) in [4.78, 5) is 14.4. The van der Waals surface area contributed by atoms with E-state index in [0.29, 0.717) is 6.20 Å². The Kier molecular flexibility index (Phi) is 3.24. The first-order valence-electron chi connectivity index (χ1n) is 5.15. The Morgan fingerprint density at radius 2 is 2.21 bits per heavy atom. The van der Waals surface area contributed by atoms with Gasteiger partial charge >= 0.3 is 11.6 Å². The van der Waals surface area contributed by atoms with Crippen molar-refractivity contribution in [2.45, 2.75) is 24.4 Å². The van der Waals surface area contributed by atoms with Gasteiger partial charge in [-0.3, -0.25) is 4.57 Å². The molecule has 1 aliphatic rings. The fourth-order valence-corrected chi connectivity index (χ4v) is 1.74. The van der Waals surface area contributed by atoms with Crippen LogP contribution in [0.3, 0.4) is 0 Å². The Morgan fingerprint density at radius 1 is 1.58 bits per heavy atom. The van der Waals surface area contributed by atoms with E-state index in [1.54, 1.807) is 0 Å². The lowest BCUT2D eigenvalue weighted by atomic mass is 10.1. The molecule has 19 heavy (non-hydrogen) atoms. The number of aliphatic hydroxyl groups is 2. The van der Waals surface area contributed by atoms with Crippen LogP contribution in [0, 0.1) is 5.82 Å². The average molecular weight is 281 g/mol. The Labute approximate surface area is 104 Å². The number of aromatic nitrogens is 2. The molecule has 7 nitrogen and oxygen atoms in total. The number of halogens is 3. The molecule has 0 bridgehead atoms. The van der Waals surface area contributed by atoms with E-state index >= 15 is 0 Å². The molecule has 1 aliphatic heterocycles. The molecule has 0 unspecified atom stereocenters. The van der Waals surface area contributed by atoms with E-state index in [1.807, 2.05) is 0 Å². The molecule has 0 spiro atoms. The lowest BCUT2D eigenvalue weighted by Crippen LogP contribution is -2.42. The molecule has 4 N–H and O–H groups in total. The SMILES string of the molecule is Nc1nc(=O)n([C@@H]2O[C@@H](CO)[C@H](O)C2(F)F)cc1F. The Hall–Kier alpha value is -1.65. The summed E-state index contributed by atoms with van der Waals surface area (Å²) in [6.45, 7) is -0.882. The van der Waals surface area contributed by atoms with Crippen molar-refractivity contribution in [1.82, 2.24) is 9.55 Å². The molecule has 1 aromatic heterocycles. The number of hydrogen-bond donors (Lipinski definition) is 3. The van der Waals surface area contributed by atoms with Crippen LogP contribution in [-0.4, -0.2) is 44.5 Å². The monoisotopic (exact) mass is 281 g/mol. The molecule has 1 aromatic rings. The maximum Gasteiger partial charge on any atom is 0.352 e. The Balaban J connectivity index is 2.48. The first-order valence-corrected chi connectivity index (χ1v) is 5.15. The van der Waals surface area contributed by atoms with Gasteiger partial charge in [0.15, 0.2) is 17.7 Å². The summed E-state index contributed by atoms with van der Waals surface area (Å²) in [5, 5.41) is 18.1. The van der Waals surface area contributed by atoms with Gasteiger partial charge in [-0.25, -0.2) is 9.18 Å². The van der Waals surface area contributed by atoms with Crippen LogP contribution in [0.15, 0.2) is 11.0 Å². The van der Waals surface area contributed by atoms with E-state index in [4.69, 9.17) is 10.8 Å². The van der Waals surface area contributed by atoms with Gasteiger partial charge in [0, 0.05) is 0 Å². The summed E-state index contributed by atoms with van der Waals surface area (Å²) in [7, 11) is 0. The highest BCUT2D eigenvalue weighted by molar-refractivity contribution is 5.26. The van der Waals surface area contributed by atoms with Crippen LogP contribution < -0.4 is 11.4 Å². The number of nitrogen functional groups attached to an aromatic ring is 1. The van der Waals surface area contributed by atoms with E-state index in [-0.39, 0.29) is 4.57 Å². The molecule has 2 rings (SSSR count). The highest BCUT2D eigenvalue weighted by Crippen LogP contribution is 2.42. The second-order valence-corrected chi connectivity index (χ2v) is 3.99. The van der Waals surface area contributed by atoms with Crippen LogP contribution in [0.4, 0.5) is 19.0 Å². The number of alkyl halides is 2. The summed E-state index contributed by atoms with van der Waals surface area (Å²) in [5.74, 6) is -5.80. The molecular weight excluding hydrogens is 271 g/mol. The number of ether oxygens (including phenoxy) is 1. The van der Waals surface area contributed by atoms with Crippen LogP contribution in [0.2, 0.25) is 0 Å². The van der Waals surface area contributed by atoms with Gasteiger partial charge in [-0.05, 0) is 0 Å². The summed E-state index contributed by atoms with van der Waals surface area (Å²) in [6.07, 6.45) is -5.77. The predicted octanol–water partition coefficient (Wildman–Crippen LogP) is -1.15. The van der Waals surface area contributed by atoms with Gasteiger partial charge in [-0.2, -0.15) is 13.8 Å². The van der Waals surface area contributed by atoms with Gasteiger partial charge in [0.25, 0.3) is 0 Å². The lowest BCUT2D eigenvalue weighted by molar-refractivity contribution is -0.141. The maximum atomic E-state index is 13.7. The third-order valence-corrected chi connectivity index (χ3v) is 2.75. The van der Waals surface area contributed by atoms with Crippen molar-refractivity contribution in [2.75, 3.05) is 12.3 Å². The molecule has 106 valence electrons. The zero-order chi connectivity index (χ0) is 14.4. The third-order valence-electron chi connectivity index (χ3n) is 2.75. The molecule has 2 heterocycles. The van der Waals surface area contributed by atoms with Crippen molar-refractivity contribution in [1.29, 1.82) is 0 Å². The summed E-state index contributed by atoms with van der Waals surface area (Å²) >= 11 is 0. The zero-order valence-electron chi connectivity index (χ0n) is 9.33. The van der Waals surface area contributed by atoms with E-state index in [2.05, 4.69) is 9.72 Å². The van der Waals surface area contributed by atoms with Crippen molar-refractivity contribution < 1.29 is 28.1 Å². The molecule has 0 amide bonds. The fraction of sp³-hybridized carbons (Fsp3) is 0.556. The Bertz CT molecular complexity index is 550. The number of anilines is 1. The Morgan fingerprint density at radius 3 is 2.74 bits per heavy atom. The van der Waals surface area contributed by atoms with E-state index in [9.17, 15) is 23.1 Å². The van der Waals surface area contributed by atoms with Gasteiger partial charge in [-0.15, -0.1) is 0 Å². The minimum Gasteiger partial charge on any atom is -0.394 e. The van der Waals surface area contributed by atoms with Crippen molar-refractivity contribution in [3.05, 3.63) is 22.5 Å². The van der Waals surface area contributed by atoms with Crippen molar-refractivity contribution in [2.24, 2.45) is 0 Å². The van der Waals surface area contributed by atoms with Crippen molar-refractivity contribution >= 4 is 5.82 Å². The van der Waals surface area contributed by atoms with Crippen LogP contribution in [0.1, 0.15) is 6.23 Å². The quantitative estimate of drug-likeness (QED) is 0.631. The molecule has 1 fully saturated rings. The summed E-state index contributed by atoms with van der Waals surface area (Å²) < 4.78 is 45.5. The minimum absolute atomic E-state index is 0.185. The van der Waals surface area contributed by atoms with Crippen LogP contribution in [-0.2, 0) is 4.74 Å². The molecule has 1 saturated heterocycles. The van der Waals surface area contributed by atoms with Crippen LogP contribution in [0.25, 0.3) is 0 Å². The van der Waals surface area contributed by atoms with Gasteiger partial charge in [0.1, 0.15) is 6.10 Å². The van der Waals surface area contributed by atoms with Crippen molar-refractivity contribution in [3.63, 3.8) is 0 Å². The number of nitrogens with zero attached hydrogens (tertiary/aromatic N) is 2. The minimum atomic E-state index is -3.89. The number of rotatable bonds is 2. The average Bonchev–Trinajstić information content (AvgIpc) is 2.56. The number of hydrogen-bond acceptors (Lipinski definition) is 6. The van der Waals surface area contributed by atoms with Gasteiger partial charge < -0.3 is 20.7 Å². The van der Waals surface area contributed by atoms with Gasteiger partial charge in [0.05, 0.1) is 12.8 Å². The normalized spacial score (nSPS) is 29.6. The number of nitrogens with two attached hydrogens (primary N) is 1. The predicted molar refractivity (Wildman–Crippen MR) is 54.8 cm³/mol. The molecule has 0 radical (unpaired) electrons. The largest absolute Gasteiger partial charge is 0.394 e. The topological polar surface area (TPSA) is 111 Å². The smallest absolute Gasteiger partial charge is 0.352 e. The van der Waals surface area contributed by atoms with E-state index in [0.717, 1.165) is 0 Å². The van der Waals surface area contributed by atoms with Gasteiger partial charge in [0.2, 0.25) is 6.23 Å². The standard InChI is InChI=1S/C9H10F3N3O4/c10-3-1-15(8(18)14-6(3)13)7-9(11,12)5(17)4(2-16)19-7/h1,4-5,7,16-17H,2H2,(H2,13,14,18)/t4-,5-,7+/m0/s1. The second kappa shape index (κ2) is 4.47. The first-order chi connectivity index (χ1) is 8.78. The highest BCUT2D eigenvalue weighted by Gasteiger charge is 2.59. The summed E-state index contributed by atoms with van der Waals surface area (Å²) in [5.41, 5.74) is 3.76. The number of aliphatic hydroxyl groups excluding tert-OH is 2. The lowest BCUT2D eigenvalue weighted by Gasteiger charge is -2.21. The maximum absolute atomic E-state index is 13.7. The zero-order valence-corrected chi connectivity index (χ0v) is 9.33. The molecule has 0 saturated carbocycles. The molecule has 3 atom stereocenters. The van der Waals surface area contributed by atoms with Crippen LogP contribution >= 0.6 is 0 Å². The third kappa shape index (κ3) is 2.07. The molecular formula is C9H10F3N3O4. The molecule has 10 heteroatoms. The van der Waals surface area contributed by atoms with Gasteiger partial charge in [-0.1, -0.05) is 0 Å². The van der Waals surface area contributed by atoms with Crippen LogP contribution in [0.5, 0.6) is 0 Å². The van der Waals surface area contributed by atoms with E-state index < -0.39 is 48.3 Å². The summed E-state index contributed by atoms with van der Waals surface area (Å²) in [6, 6.07) is 0. The highest BCUT2D eigenvalue weighted by atomic mass is 19.3. The molecule has 0 aliphatic carbocycles. The second-order valence-electron chi connectivity index (χ2n) is 3.99. The fourth-order valence-electron chi connectivity index (χ4n) is 1.74. The molecule has 0 aromatic carbocycles. The van der Waals surface area contributed by atoms with E-state index in [1.165, 1.54) is 0 Å². The first kappa shape index (κ1) is 13.8.